The molecule has 0 bridgehead atoms. The molecule has 0 aliphatic carbocycles. The summed E-state index contributed by atoms with van der Waals surface area (Å²) in [6.07, 6.45) is 1.65. The number of hydrogen-bond donors (Lipinski definition) is 2. The molecule has 0 amide bonds. The molecule has 3 N–H and O–H groups in total. The highest BCUT2D eigenvalue weighted by molar-refractivity contribution is 6.32. The fourth-order valence-corrected chi connectivity index (χ4v) is 1.89. The summed E-state index contributed by atoms with van der Waals surface area (Å²) in [5.41, 5.74) is 6.77. The van der Waals surface area contributed by atoms with Crippen LogP contribution in [0.1, 0.15) is 11.1 Å². The molecule has 0 unspecified atom stereocenters. The number of methoxy groups -OCH3 is 1. The van der Waals surface area contributed by atoms with E-state index >= 15 is 0 Å². The SMILES string of the molecule is COc1ncccc1COc1ccc(C(=N)N)cc1Cl. The Morgan fingerprint density at radius 3 is 2.85 bits per heavy atom. The van der Waals surface area contributed by atoms with Crippen molar-refractivity contribution in [1.29, 1.82) is 5.41 Å². The number of pyridine rings is 1. The van der Waals surface area contributed by atoms with Crippen LogP contribution in [0.3, 0.4) is 0 Å². The average Bonchev–Trinajstić information content (AvgIpc) is 2.46. The van der Waals surface area contributed by atoms with E-state index in [0.29, 0.717) is 22.2 Å². The molecule has 1 aromatic carbocycles. The number of halogens is 1. The summed E-state index contributed by atoms with van der Waals surface area (Å²) in [5.74, 6) is 0.999. The number of aromatic nitrogens is 1. The average molecular weight is 292 g/mol. The van der Waals surface area contributed by atoms with E-state index in [0.717, 1.165) is 5.56 Å². The molecule has 0 radical (unpaired) electrons. The van der Waals surface area contributed by atoms with Crippen LogP contribution in [0.5, 0.6) is 11.6 Å². The lowest BCUT2D eigenvalue weighted by molar-refractivity contribution is 0.294. The lowest BCUT2D eigenvalue weighted by atomic mass is 10.2. The normalized spacial score (nSPS) is 10.1. The summed E-state index contributed by atoms with van der Waals surface area (Å²) in [4.78, 5) is 4.09. The number of ether oxygens (including phenoxy) is 2. The standard InChI is InChI=1S/C14H14ClN3O2/c1-19-14-10(3-2-6-18-14)8-20-12-5-4-9(13(16)17)7-11(12)15/h2-7H,8H2,1H3,(H3,16,17). The molecular formula is C14H14ClN3O2. The Labute approximate surface area is 121 Å². The van der Waals surface area contributed by atoms with Crippen molar-refractivity contribution in [1.82, 2.24) is 4.98 Å². The number of nitrogen functional groups attached to an aromatic ring is 1. The van der Waals surface area contributed by atoms with Gasteiger partial charge in [-0.25, -0.2) is 4.98 Å². The van der Waals surface area contributed by atoms with Gasteiger partial charge in [-0.3, -0.25) is 5.41 Å². The molecule has 0 fully saturated rings. The first-order valence-corrected chi connectivity index (χ1v) is 6.24. The second-order valence-electron chi connectivity index (χ2n) is 4.02. The van der Waals surface area contributed by atoms with Gasteiger partial charge < -0.3 is 15.2 Å². The van der Waals surface area contributed by atoms with E-state index in [1.165, 1.54) is 0 Å². The molecule has 20 heavy (non-hydrogen) atoms. The van der Waals surface area contributed by atoms with Crippen molar-refractivity contribution < 1.29 is 9.47 Å². The lowest BCUT2D eigenvalue weighted by Crippen LogP contribution is -2.10. The first kappa shape index (κ1) is 14.1. The van der Waals surface area contributed by atoms with Crippen LogP contribution in [0.2, 0.25) is 5.02 Å². The van der Waals surface area contributed by atoms with Crippen molar-refractivity contribution in [3.63, 3.8) is 0 Å². The number of nitrogens with zero attached hydrogens (tertiary/aromatic N) is 1. The van der Waals surface area contributed by atoms with Gasteiger partial charge >= 0.3 is 0 Å². The summed E-state index contributed by atoms with van der Waals surface area (Å²) in [5, 5.41) is 7.75. The fraction of sp³-hybridized carbons (Fsp3) is 0.143. The molecule has 0 aliphatic heterocycles. The molecule has 0 atom stereocenters. The third-order valence-electron chi connectivity index (χ3n) is 2.67. The minimum atomic E-state index is -0.0348. The van der Waals surface area contributed by atoms with Gasteiger partial charge in [0, 0.05) is 11.8 Å². The topological polar surface area (TPSA) is 81.2 Å². The zero-order chi connectivity index (χ0) is 14.5. The fourth-order valence-electron chi connectivity index (χ4n) is 1.66. The minimum absolute atomic E-state index is 0.0348. The Kier molecular flexibility index (Phi) is 4.42. The second kappa shape index (κ2) is 6.25. The van der Waals surface area contributed by atoms with Crippen LogP contribution < -0.4 is 15.2 Å². The Bertz CT molecular complexity index is 632. The quantitative estimate of drug-likeness (QED) is 0.655. The van der Waals surface area contributed by atoms with E-state index in [4.69, 9.17) is 32.2 Å². The predicted octanol–water partition coefficient (Wildman–Crippen LogP) is 2.61. The molecule has 104 valence electrons. The highest BCUT2D eigenvalue weighted by atomic mass is 35.5. The molecule has 0 spiro atoms. The summed E-state index contributed by atoms with van der Waals surface area (Å²) in [6, 6.07) is 8.64. The van der Waals surface area contributed by atoms with Crippen LogP contribution in [0.25, 0.3) is 0 Å². The molecule has 5 nitrogen and oxygen atoms in total. The number of amidine groups is 1. The van der Waals surface area contributed by atoms with Gasteiger partial charge in [-0.15, -0.1) is 0 Å². The van der Waals surface area contributed by atoms with Crippen molar-refractivity contribution in [2.75, 3.05) is 7.11 Å². The second-order valence-corrected chi connectivity index (χ2v) is 4.43. The van der Waals surface area contributed by atoms with E-state index < -0.39 is 0 Å². The van der Waals surface area contributed by atoms with E-state index in [1.807, 2.05) is 12.1 Å². The Morgan fingerprint density at radius 1 is 1.40 bits per heavy atom. The van der Waals surface area contributed by atoms with Gasteiger partial charge in [0.1, 0.15) is 18.2 Å². The molecule has 2 rings (SSSR count). The van der Waals surface area contributed by atoms with Gasteiger partial charge in [0.25, 0.3) is 0 Å². The molecule has 0 saturated heterocycles. The van der Waals surface area contributed by atoms with Gasteiger partial charge in [0.05, 0.1) is 17.7 Å². The Balaban J connectivity index is 2.13. The number of benzene rings is 1. The van der Waals surface area contributed by atoms with Crippen LogP contribution in [-0.4, -0.2) is 17.9 Å². The number of hydrogen-bond acceptors (Lipinski definition) is 4. The minimum Gasteiger partial charge on any atom is -0.487 e. The van der Waals surface area contributed by atoms with E-state index in [2.05, 4.69) is 4.98 Å². The molecule has 0 saturated carbocycles. The largest absolute Gasteiger partial charge is 0.487 e. The maximum Gasteiger partial charge on any atom is 0.219 e. The maximum atomic E-state index is 7.35. The van der Waals surface area contributed by atoms with Gasteiger partial charge in [0.15, 0.2) is 0 Å². The summed E-state index contributed by atoms with van der Waals surface area (Å²) in [6.45, 7) is 0.288. The van der Waals surface area contributed by atoms with Gasteiger partial charge in [0.2, 0.25) is 5.88 Å². The summed E-state index contributed by atoms with van der Waals surface area (Å²) in [7, 11) is 1.56. The molecule has 0 aliphatic rings. The van der Waals surface area contributed by atoms with Crippen LogP contribution in [0.4, 0.5) is 0 Å². The summed E-state index contributed by atoms with van der Waals surface area (Å²) < 4.78 is 10.8. The smallest absolute Gasteiger partial charge is 0.219 e. The first-order valence-electron chi connectivity index (χ1n) is 5.86. The highest BCUT2D eigenvalue weighted by Crippen LogP contribution is 2.27. The van der Waals surface area contributed by atoms with E-state index in [-0.39, 0.29) is 12.4 Å². The maximum absolute atomic E-state index is 7.35. The molecule has 2 aromatic rings. The van der Waals surface area contributed by atoms with Crippen molar-refractivity contribution in [2.24, 2.45) is 5.73 Å². The van der Waals surface area contributed by atoms with Crippen molar-refractivity contribution >= 4 is 17.4 Å². The Hall–Kier alpha value is -2.27. The molecule has 1 heterocycles. The van der Waals surface area contributed by atoms with Crippen LogP contribution in [0.15, 0.2) is 36.5 Å². The summed E-state index contributed by atoms with van der Waals surface area (Å²) >= 11 is 6.09. The van der Waals surface area contributed by atoms with Crippen LogP contribution in [0, 0.1) is 5.41 Å². The van der Waals surface area contributed by atoms with Crippen molar-refractivity contribution in [3.05, 3.63) is 52.7 Å². The predicted molar refractivity (Wildman–Crippen MR) is 77.6 cm³/mol. The van der Waals surface area contributed by atoms with E-state index in [9.17, 15) is 0 Å². The van der Waals surface area contributed by atoms with Crippen LogP contribution in [-0.2, 0) is 6.61 Å². The number of nitrogens with two attached hydrogens (primary N) is 1. The highest BCUT2D eigenvalue weighted by Gasteiger charge is 2.08. The first-order chi connectivity index (χ1) is 9.61. The van der Waals surface area contributed by atoms with Gasteiger partial charge in [-0.2, -0.15) is 0 Å². The number of nitrogens with one attached hydrogen (secondary N) is 1. The van der Waals surface area contributed by atoms with Crippen LogP contribution >= 0.6 is 11.6 Å². The molecular weight excluding hydrogens is 278 g/mol. The van der Waals surface area contributed by atoms with Gasteiger partial charge in [-0.05, 0) is 30.3 Å². The van der Waals surface area contributed by atoms with Gasteiger partial charge in [-0.1, -0.05) is 11.6 Å². The zero-order valence-electron chi connectivity index (χ0n) is 10.9. The molecule has 1 aromatic heterocycles. The third kappa shape index (κ3) is 3.19. The van der Waals surface area contributed by atoms with Crippen molar-refractivity contribution in [2.45, 2.75) is 6.61 Å². The van der Waals surface area contributed by atoms with E-state index in [1.54, 1.807) is 31.5 Å². The number of rotatable bonds is 5. The monoisotopic (exact) mass is 291 g/mol. The Morgan fingerprint density at radius 2 is 2.20 bits per heavy atom. The van der Waals surface area contributed by atoms with Crippen molar-refractivity contribution in [3.8, 4) is 11.6 Å². The zero-order valence-corrected chi connectivity index (χ0v) is 11.6. The lowest BCUT2D eigenvalue weighted by Gasteiger charge is -2.11. The molecule has 6 heteroatoms. The third-order valence-corrected chi connectivity index (χ3v) is 2.96.